The van der Waals surface area contributed by atoms with Crippen LogP contribution in [0.15, 0.2) is 60.8 Å². The van der Waals surface area contributed by atoms with Gasteiger partial charge >= 0.3 is 0 Å². The number of nitrogens with one attached hydrogen (secondary N) is 1. The molecule has 296 valence electrons. The van der Waals surface area contributed by atoms with Gasteiger partial charge in [0.1, 0.15) is 6.10 Å². The van der Waals surface area contributed by atoms with Gasteiger partial charge in [0.05, 0.1) is 18.8 Å². The van der Waals surface area contributed by atoms with Crippen LogP contribution in [0.25, 0.3) is 0 Å². The Hall–Kier alpha value is -1.95. The SMILES string of the molecule is CCCCCCCC/C=C\C/C=C\CC(O)C(=O)NC(CO)C(O)/C=C/CC/C=C/CC/C=C/CCCCCCCCCCCCCCCCC. The quantitative estimate of drug-likeness (QED) is 0.0379. The maximum Gasteiger partial charge on any atom is 0.249 e. The van der Waals surface area contributed by atoms with E-state index in [9.17, 15) is 20.1 Å². The Morgan fingerprint density at radius 3 is 1.31 bits per heavy atom. The molecule has 3 unspecified atom stereocenters. The summed E-state index contributed by atoms with van der Waals surface area (Å²) in [6.07, 6.45) is 54.2. The maximum absolute atomic E-state index is 12.4. The van der Waals surface area contributed by atoms with Crippen molar-refractivity contribution in [3.63, 3.8) is 0 Å². The average Bonchev–Trinajstić information content (AvgIpc) is 3.13. The van der Waals surface area contributed by atoms with Crippen molar-refractivity contribution in [3.05, 3.63) is 60.8 Å². The van der Waals surface area contributed by atoms with Gasteiger partial charge in [-0.25, -0.2) is 0 Å². The third-order valence-electron chi connectivity index (χ3n) is 9.57. The van der Waals surface area contributed by atoms with Gasteiger partial charge in [-0.15, -0.1) is 0 Å². The van der Waals surface area contributed by atoms with Crippen LogP contribution in [-0.2, 0) is 4.79 Å². The van der Waals surface area contributed by atoms with Crippen LogP contribution < -0.4 is 5.32 Å². The number of carbonyl (C=O) groups excluding carboxylic acids is 1. The molecule has 0 aromatic rings. The lowest BCUT2D eigenvalue weighted by molar-refractivity contribution is -0.131. The lowest BCUT2D eigenvalue weighted by Crippen LogP contribution is -2.48. The summed E-state index contributed by atoms with van der Waals surface area (Å²) in [4.78, 5) is 12.4. The standard InChI is InChI=1S/C46H83NO4/c1-3-5-7-9-11-13-15-17-18-19-20-21-22-23-24-25-26-27-28-29-31-32-34-36-38-40-44(49)43(42-48)47-46(51)45(50)41-39-37-35-33-30-16-14-12-10-8-6-4-2/h26-27,30-33,37-40,43-45,48-50H,3-25,28-29,34-36,41-42H2,1-2H3,(H,47,51)/b27-26+,32-31+,33-30-,39-37-,40-38+. The zero-order valence-corrected chi connectivity index (χ0v) is 33.5. The molecule has 5 heteroatoms. The summed E-state index contributed by atoms with van der Waals surface area (Å²) >= 11 is 0. The van der Waals surface area contributed by atoms with Crippen LogP contribution in [0.5, 0.6) is 0 Å². The first-order valence-corrected chi connectivity index (χ1v) is 21.6. The first-order valence-electron chi connectivity index (χ1n) is 21.6. The number of hydrogen-bond acceptors (Lipinski definition) is 4. The number of hydrogen-bond donors (Lipinski definition) is 4. The topological polar surface area (TPSA) is 89.8 Å². The molecule has 0 rings (SSSR count). The Kier molecular flexibility index (Phi) is 39.3. The molecule has 0 aliphatic rings. The molecule has 0 radical (unpaired) electrons. The van der Waals surface area contributed by atoms with E-state index in [1.165, 1.54) is 141 Å². The van der Waals surface area contributed by atoms with E-state index in [0.717, 1.165) is 38.5 Å². The molecule has 0 aliphatic heterocycles. The molecule has 0 aromatic heterocycles. The minimum absolute atomic E-state index is 0.197. The fourth-order valence-electron chi connectivity index (χ4n) is 6.14. The van der Waals surface area contributed by atoms with Gasteiger partial charge in [0.2, 0.25) is 5.91 Å². The summed E-state index contributed by atoms with van der Waals surface area (Å²) in [6.45, 7) is 4.11. The summed E-state index contributed by atoms with van der Waals surface area (Å²) in [5, 5.41) is 32.9. The Bertz CT molecular complexity index is 876. The number of aliphatic hydroxyl groups is 3. The number of carbonyl (C=O) groups is 1. The smallest absolute Gasteiger partial charge is 0.249 e. The van der Waals surface area contributed by atoms with Gasteiger partial charge < -0.3 is 20.6 Å². The Balaban J connectivity index is 3.79. The van der Waals surface area contributed by atoms with Crippen molar-refractivity contribution >= 4 is 5.91 Å². The molecule has 0 heterocycles. The number of unbranched alkanes of at least 4 members (excludes halogenated alkanes) is 23. The van der Waals surface area contributed by atoms with Crippen LogP contribution in [0.4, 0.5) is 0 Å². The average molecular weight is 714 g/mol. The van der Waals surface area contributed by atoms with E-state index in [1.807, 2.05) is 12.2 Å². The lowest BCUT2D eigenvalue weighted by Gasteiger charge is -2.21. The molecular weight excluding hydrogens is 631 g/mol. The van der Waals surface area contributed by atoms with Crippen LogP contribution in [-0.4, -0.2) is 46.1 Å². The molecule has 0 bridgehead atoms. The van der Waals surface area contributed by atoms with Gasteiger partial charge in [0.25, 0.3) is 0 Å². The first kappa shape index (κ1) is 49.0. The summed E-state index contributed by atoms with van der Waals surface area (Å²) in [5.74, 6) is -0.587. The second-order valence-electron chi connectivity index (χ2n) is 14.5. The Morgan fingerprint density at radius 2 is 0.863 bits per heavy atom. The van der Waals surface area contributed by atoms with Crippen molar-refractivity contribution in [2.24, 2.45) is 0 Å². The van der Waals surface area contributed by atoms with Crippen LogP contribution in [0, 0.1) is 0 Å². The lowest BCUT2D eigenvalue weighted by atomic mass is 10.0. The second kappa shape index (κ2) is 40.8. The first-order chi connectivity index (χ1) is 25.1. The maximum atomic E-state index is 12.4. The van der Waals surface area contributed by atoms with Gasteiger partial charge in [-0.05, 0) is 57.8 Å². The van der Waals surface area contributed by atoms with E-state index in [0.29, 0.717) is 0 Å². The summed E-state index contributed by atoms with van der Waals surface area (Å²) in [7, 11) is 0. The zero-order chi connectivity index (χ0) is 37.3. The highest BCUT2D eigenvalue weighted by Gasteiger charge is 2.22. The van der Waals surface area contributed by atoms with Crippen LogP contribution >= 0.6 is 0 Å². The normalized spacial score (nSPS) is 14.2. The summed E-state index contributed by atoms with van der Waals surface area (Å²) in [6, 6.07) is -0.853. The highest BCUT2D eigenvalue weighted by Crippen LogP contribution is 2.14. The molecule has 0 spiro atoms. The number of rotatable bonds is 38. The molecule has 51 heavy (non-hydrogen) atoms. The fourth-order valence-corrected chi connectivity index (χ4v) is 6.14. The van der Waals surface area contributed by atoms with Gasteiger partial charge in [-0.3, -0.25) is 4.79 Å². The van der Waals surface area contributed by atoms with Crippen LogP contribution in [0.2, 0.25) is 0 Å². The molecule has 3 atom stereocenters. The van der Waals surface area contributed by atoms with E-state index in [1.54, 1.807) is 12.2 Å². The van der Waals surface area contributed by atoms with Gasteiger partial charge in [0, 0.05) is 6.42 Å². The Labute approximate surface area is 316 Å². The van der Waals surface area contributed by atoms with E-state index < -0.39 is 30.8 Å². The molecule has 0 saturated carbocycles. The van der Waals surface area contributed by atoms with Crippen LogP contribution in [0.1, 0.15) is 200 Å². The fraction of sp³-hybridized carbons (Fsp3) is 0.761. The largest absolute Gasteiger partial charge is 0.394 e. The van der Waals surface area contributed by atoms with E-state index in [4.69, 9.17) is 0 Å². The molecule has 0 saturated heterocycles. The predicted octanol–water partition coefficient (Wildman–Crippen LogP) is 12.3. The van der Waals surface area contributed by atoms with Gasteiger partial charge in [-0.1, -0.05) is 197 Å². The molecule has 4 N–H and O–H groups in total. The molecule has 0 aromatic carbocycles. The minimum Gasteiger partial charge on any atom is -0.394 e. The second-order valence-corrected chi connectivity index (χ2v) is 14.5. The number of amides is 1. The molecule has 5 nitrogen and oxygen atoms in total. The highest BCUT2D eigenvalue weighted by atomic mass is 16.3. The monoisotopic (exact) mass is 714 g/mol. The molecule has 0 fully saturated rings. The van der Waals surface area contributed by atoms with Crippen molar-refractivity contribution in [1.82, 2.24) is 5.32 Å². The van der Waals surface area contributed by atoms with Crippen molar-refractivity contribution in [2.75, 3.05) is 6.61 Å². The number of allylic oxidation sites excluding steroid dienone is 8. The zero-order valence-electron chi connectivity index (χ0n) is 33.5. The third-order valence-corrected chi connectivity index (χ3v) is 9.57. The predicted molar refractivity (Wildman–Crippen MR) is 222 cm³/mol. The van der Waals surface area contributed by atoms with E-state index in [-0.39, 0.29) is 6.42 Å². The third kappa shape index (κ3) is 36.2. The molecular formula is C46H83NO4. The van der Waals surface area contributed by atoms with Crippen molar-refractivity contribution in [3.8, 4) is 0 Å². The summed E-state index contributed by atoms with van der Waals surface area (Å²) in [5.41, 5.74) is 0. The molecule has 0 aliphatic carbocycles. The van der Waals surface area contributed by atoms with Crippen molar-refractivity contribution < 1.29 is 20.1 Å². The molecule has 1 amide bonds. The van der Waals surface area contributed by atoms with E-state index >= 15 is 0 Å². The number of aliphatic hydroxyl groups excluding tert-OH is 3. The van der Waals surface area contributed by atoms with Crippen molar-refractivity contribution in [2.45, 2.75) is 218 Å². The van der Waals surface area contributed by atoms with Crippen molar-refractivity contribution in [1.29, 1.82) is 0 Å². The van der Waals surface area contributed by atoms with Gasteiger partial charge in [-0.2, -0.15) is 0 Å². The van der Waals surface area contributed by atoms with E-state index in [2.05, 4.69) is 55.6 Å². The van der Waals surface area contributed by atoms with Gasteiger partial charge in [0.15, 0.2) is 0 Å². The van der Waals surface area contributed by atoms with Crippen LogP contribution in [0.3, 0.4) is 0 Å². The minimum atomic E-state index is -1.22. The highest BCUT2D eigenvalue weighted by molar-refractivity contribution is 5.81. The Morgan fingerprint density at radius 1 is 0.490 bits per heavy atom. The summed E-state index contributed by atoms with van der Waals surface area (Å²) < 4.78 is 0.